The first-order chi connectivity index (χ1) is 11.4. The van der Waals surface area contributed by atoms with Gasteiger partial charge in [0.1, 0.15) is 0 Å². The van der Waals surface area contributed by atoms with Crippen LogP contribution in [-0.2, 0) is 4.74 Å². The Kier molecular flexibility index (Phi) is 6.13. The summed E-state index contributed by atoms with van der Waals surface area (Å²) in [4.78, 5) is 21.3. The number of hydrogen-bond acceptors (Lipinski definition) is 8. The number of aromatic nitrogens is 2. The average Bonchev–Trinajstić information content (AvgIpc) is 2.49. The highest BCUT2D eigenvalue weighted by Gasteiger charge is 2.31. The van der Waals surface area contributed by atoms with Crippen LogP contribution in [0.1, 0.15) is 26.7 Å². The highest BCUT2D eigenvalue weighted by molar-refractivity contribution is 5.71. The number of methoxy groups -OCH3 is 1. The molecular weight excluding hydrogens is 312 g/mol. The Morgan fingerprint density at radius 2 is 2.04 bits per heavy atom. The third kappa shape index (κ3) is 4.44. The number of nitro groups is 1. The first-order valence-corrected chi connectivity index (χ1v) is 8.22. The molecule has 1 aliphatic heterocycles. The summed E-state index contributed by atoms with van der Waals surface area (Å²) in [6, 6.07) is 0. The predicted octanol–water partition coefficient (Wildman–Crippen LogP) is 1.90. The van der Waals surface area contributed by atoms with Crippen molar-refractivity contribution < 1.29 is 9.66 Å². The molecule has 134 valence electrons. The van der Waals surface area contributed by atoms with Crippen molar-refractivity contribution in [1.29, 1.82) is 0 Å². The minimum Gasteiger partial charge on any atom is -0.385 e. The van der Waals surface area contributed by atoms with Crippen LogP contribution >= 0.6 is 0 Å². The number of nitrogens with zero attached hydrogens (tertiary/aromatic N) is 4. The molecule has 2 rings (SSSR count). The Hall–Kier alpha value is -2.16. The van der Waals surface area contributed by atoms with Crippen LogP contribution in [0.4, 0.5) is 23.3 Å². The van der Waals surface area contributed by atoms with Gasteiger partial charge in [-0.3, -0.25) is 10.1 Å². The molecule has 1 aromatic heterocycles. The van der Waals surface area contributed by atoms with Gasteiger partial charge in [-0.1, -0.05) is 13.8 Å². The van der Waals surface area contributed by atoms with Gasteiger partial charge in [0.2, 0.25) is 17.6 Å². The molecule has 2 heterocycles. The van der Waals surface area contributed by atoms with Gasteiger partial charge in [0.25, 0.3) is 0 Å². The molecular formula is C15H26N6O3. The summed E-state index contributed by atoms with van der Waals surface area (Å²) in [6.45, 7) is 6.96. The van der Waals surface area contributed by atoms with Crippen molar-refractivity contribution in [2.75, 3.05) is 49.3 Å². The van der Waals surface area contributed by atoms with Gasteiger partial charge in [-0.15, -0.1) is 0 Å². The van der Waals surface area contributed by atoms with Crippen LogP contribution in [0.25, 0.3) is 0 Å². The maximum atomic E-state index is 11.4. The first-order valence-electron chi connectivity index (χ1n) is 8.22. The molecule has 0 aliphatic carbocycles. The van der Waals surface area contributed by atoms with Crippen molar-refractivity contribution in [3.05, 3.63) is 10.1 Å². The van der Waals surface area contributed by atoms with E-state index in [1.165, 1.54) is 0 Å². The highest BCUT2D eigenvalue weighted by atomic mass is 16.6. The van der Waals surface area contributed by atoms with E-state index < -0.39 is 4.92 Å². The molecule has 1 aliphatic rings. The number of nitrogens with one attached hydrogen (secondary N) is 1. The van der Waals surface area contributed by atoms with E-state index in [4.69, 9.17) is 10.5 Å². The number of ether oxygens (including phenoxy) is 1. The fourth-order valence-corrected chi connectivity index (χ4v) is 3.19. The van der Waals surface area contributed by atoms with Crippen LogP contribution < -0.4 is 16.0 Å². The van der Waals surface area contributed by atoms with Crippen molar-refractivity contribution in [3.8, 4) is 0 Å². The monoisotopic (exact) mass is 338 g/mol. The zero-order chi connectivity index (χ0) is 17.7. The second-order valence-electron chi connectivity index (χ2n) is 6.49. The van der Waals surface area contributed by atoms with Crippen LogP contribution in [0.2, 0.25) is 0 Å². The van der Waals surface area contributed by atoms with Crippen LogP contribution in [0.5, 0.6) is 0 Å². The van der Waals surface area contributed by atoms with Crippen molar-refractivity contribution >= 4 is 23.3 Å². The smallest absolute Gasteiger partial charge is 0.353 e. The fourth-order valence-electron chi connectivity index (χ4n) is 3.19. The Morgan fingerprint density at radius 3 is 2.62 bits per heavy atom. The third-order valence-corrected chi connectivity index (χ3v) is 4.05. The van der Waals surface area contributed by atoms with E-state index in [1.54, 1.807) is 7.11 Å². The van der Waals surface area contributed by atoms with E-state index in [9.17, 15) is 10.1 Å². The normalized spacial score (nSPS) is 20.9. The van der Waals surface area contributed by atoms with E-state index >= 15 is 0 Å². The molecule has 1 saturated heterocycles. The number of nitrogen functional groups attached to an aromatic ring is 1. The summed E-state index contributed by atoms with van der Waals surface area (Å²) in [5.41, 5.74) is 5.64. The topological polar surface area (TPSA) is 119 Å². The Morgan fingerprint density at radius 1 is 1.38 bits per heavy atom. The molecule has 3 N–H and O–H groups in total. The molecule has 2 unspecified atom stereocenters. The molecule has 0 bridgehead atoms. The summed E-state index contributed by atoms with van der Waals surface area (Å²) >= 11 is 0. The molecule has 24 heavy (non-hydrogen) atoms. The van der Waals surface area contributed by atoms with Crippen molar-refractivity contribution in [3.63, 3.8) is 0 Å². The molecule has 1 aromatic rings. The van der Waals surface area contributed by atoms with Crippen LogP contribution in [0.3, 0.4) is 0 Å². The lowest BCUT2D eigenvalue weighted by atomic mass is 9.92. The minimum absolute atomic E-state index is 0.106. The van der Waals surface area contributed by atoms with Gasteiger partial charge in [0.05, 0.1) is 4.92 Å². The molecule has 0 spiro atoms. The first kappa shape index (κ1) is 18.2. The van der Waals surface area contributed by atoms with E-state index in [1.807, 2.05) is 4.90 Å². The Bertz CT molecular complexity index is 573. The van der Waals surface area contributed by atoms with Gasteiger partial charge >= 0.3 is 5.69 Å². The van der Waals surface area contributed by atoms with Gasteiger partial charge in [-0.2, -0.15) is 9.97 Å². The molecule has 9 nitrogen and oxygen atoms in total. The van der Waals surface area contributed by atoms with Crippen molar-refractivity contribution in [1.82, 2.24) is 9.97 Å². The average molecular weight is 338 g/mol. The summed E-state index contributed by atoms with van der Waals surface area (Å²) in [5, 5.41) is 14.5. The highest BCUT2D eigenvalue weighted by Crippen LogP contribution is 2.35. The van der Waals surface area contributed by atoms with E-state index in [-0.39, 0.29) is 11.5 Å². The molecule has 1 fully saturated rings. The fraction of sp³-hybridized carbons (Fsp3) is 0.733. The third-order valence-electron chi connectivity index (χ3n) is 4.05. The van der Waals surface area contributed by atoms with E-state index in [0.29, 0.717) is 36.8 Å². The van der Waals surface area contributed by atoms with Gasteiger partial charge in [-0.05, 0) is 24.7 Å². The lowest BCUT2D eigenvalue weighted by Crippen LogP contribution is -2.39. The zero-order valence-corrected chi connectivity index (χ0v) is 14.5. The molecule has 2 atom stereocenters. The largest absolute Gasteiger partial charge is 0.385 e. The van der Waals surface area contributed by atoms with Crippen LogP contribution in [0, 0.1) is 22.0 Å². The van der Waals surface area contributed by atoms with E-state index in [0.717, 1.165) is 25.9 Å². The number of anilines is 3. The molecule has 0 amide bonds. The molecule has 0 aromatic carbocycles. The number of rotatable bonds is 7. The van der Waals surface area contributed by atoms with Gasteiger partial charge in [0, 0.05) is 33.4 Å². The van der Waals surface area contributed by atoms with Gasteiger partial charge < -0.3 is 20.7 Å². The van der Waals surface area contributed by atoms with Gasteiger partial charge in [-0.25, -0.2) is 0 Å². The molecule has 0 radical (unpaired) electrons. The maximum absolute atomic E-state index is 11.4. The Labute approximate surface area is 141 Å². The summed E-state index contributed by atoms with van der Waals surface area (Å²) in [6.07, 6.45) is 1.89. The zero-order valence-electron chi connectivity index (χ0n) is 14.5. The number of piperidine rings is 1. The van der Waals surface area contributed by atoms with Crippen LogP contribution in [0.15, 0.2) is 0 Å². The minimum atomic E-state index is -0.497. The second-order valence-corrected chi connectivity index (χ2v) is 6.49. The standard InChI is InChI=1S/C15H26N6O3/c1-10-7-11(2)9-20(8-10)14-12(21(22)23)13(16)18-15(19-14)17-5-4-6-24-3/h10-11H,4-9H2,1-3H3,(H3,16,17,18,19). The maximum Gasteiger partial charge on any atom is 0.353 e. The van der Waals surface area contributed by atoms with Crippen LogP contribution in [-0.4, -0.2) is 48.2 Å². The lowest BCUT2D eigenvalue weighted by molar-refractivity contribution is -0.383. The van der Waals surface area contributed by atoms with Crippen molar-refractivity contribution in [2.45, 2.75) is 26.7 Å². The summed E-state index contributed by atoms with van der Waals surface area (Å²) in [7, 11) is 1.64. The van der Waals surface area contributed by atoms with Crippen molar-refractivity contribution in [2.24, 2.45) is 11.8 Å². The predicted molar refractivity (Wildman–Crippen MR) is 93.2 cm³/mol. The second kappa shape index (κ2) is 8.09. The molecule has 0 saturated carbocycles. The summed E-state index contributed by atoms with van der Waals surface area (Å²) in [5.74, 6) is 1.41. The number of hydrogen-bond donors (Lipinski definition) is 2. The Balaban J connectivity index is 2.28. The molecule has 9 heteroatoms. The van der Waals surface area contributed by atoms with E-state index in [2.05, 4.69) is 29.1 Å². The quantitative estimate of drug-likeness (QED) is 0.439. The summed E-state index contributed by atoms with van der Waals surface area (Å²) < 4.78 is 4.99. The number of nitrogens with two attached hydrogens (primary N) is 1. The lowest BCUT2D eigenvalue weighted by Gasteiger charge is -2.35. The SMILES string of the molecule is COCCCNc1nc(N)c([N+](=O)[O-])c(N2CC(C)CC(C)C2)n1. The van der Waals surface area contributed by atoms with Gasteiger partial charge in [0.15, 0.2) is 0 Å².